The largest absolute Gasteiger partial charge is 0.355 e. The first-order valence-electron chi connectivity index (χ1n) is 8.27. The highest BCUT2D eigenvalue weighted by molar-refractivity contribution is 5.95. The van der Waals surface area contributed by atoms with E-state index in [1.165, 1.54) is 0 Å². The van der Waals surface area contributed by atoms with Gasteiger partial charge in [0.15, 0.2) is 0 Å². The molecule has 4 heteroatoms. The molecule has 0 spiro atoms. The van der Waals surface area contributed by atoms with Gasteiger partial charge in [-0.1, -0.05) is 29.8 Å². The van der Waals surface area contributed by atoms with E-state index in [0.29, 0.717) is 18.2 Å². The number of nitrogens with zero attached hydrogens (tertiary/aromatic N) is 1. The average molecular weight is 322 g/mol. The molecule has 0 atom stereocenters. The third kappa shape index (κ3) is 3.65. The fraction of sp³-hybridized carbons (Fsp3) is 0.300. The normalized spacial score (nSPS) is 13.4. The Morgan fingerprint density at radius 1 is 1.08 bits per heavy atom. The van der Waals surface area contributed by atoms with Crippen LogP contribution in [0, 0.1) is 6.92 Å². The number of carbonyl (C=O) groups excluding carboxylic acids is 2. The monoisotopic (exact) mass is 322 g/mol. The Morgan fingerprint density at radius 3 is 2.38 bits per heavy atom. The highest BCUT2D eigenvalue weighted by Crippen LogP contribution is 2.30. The molecule has 0 aromatic heterocycles. The molecule has 0 saturated heterocycles. The smallest absolute Gasteiger partial charge is 0.254 e. The first-order valence-corrected chi connectivity index (χ1v) is 8.27. The number of aryl methyl sites for hydroxylation is 1. The zero-order valence-corrected chi connectivity index (χ0v) is 14.1. The van der Waals surface area contributed by atoms with Gasteiger partial charge in [-0.3, -0.25) is 9.59 Å². The predicted molar refractivity (Wildman–Crippen MR) is 93.9 cm³/mol. The molecule has 0 heterocycles. The fourth-order valence-corrected chi connectivity index (χ4v) is 2.80. The number of hydrogen-bond donors (Lipinski definition) is 1. The van der Waals surface area contributed by atoms with Crippen LogP contribution in [0.1, 0.15) is 44.7 Å². The third-order valence-electron chi connectivity index (χ3n) is 4.31. The summed E-state index contributed by atoms with van der Waals surface area (Å²) in [5, 5.41) is 2.61. The van der Waals surface area contributed by atoms with Gasteiger partial charge in [0.25, 0.3) is 11.8 Å². The molecular formula is C20H22N2O2. The van der Waals surface area contributed by atoms with E-state index < -0.39 is 0 Å². The predicted octanol–water partition coefficient (Wildman–Crippen LogP) is 3.16. The molecular weight excluding hydrogens is 300 g/mol. The summed E-state index contributed by atoms with van der Waals surface area (Å²) in [4.78, 5) is 26.4. The number of benzene rings is 2. The van der Waals surface area contributed by atoms with Gasteiger partial charge in [0.2, 0.25) is 0 Å². The molecule has 0 radical (unpaired) electrons. The summed E-state index contributed by atoms with van der Waals surface area (Å²) in [5.74, 6) is -0.0204. The van der Waals surface area contributed by atoms with Gasteiger partial charge >= 0.3 is 0 Å². The van der Waals surface area contributed by atoms with Crippen LogP contribution in [0.15, 0.2) is 48.5 Å². The van der Waals surface area contributed by atoms with Crippen LogP contribution in [-0.4, -0.2) is 29.8 Å². The standard InChI is InChI=1S/C20H22N2O2/c1-14-4-3-5-17(12-14)20(24)22(18-10-11-18)13-15-6-8-16(9-7-15)19(23)21-2/h3-9,12,18H,10-11,13H2,1-2H3,(H,21,23). The summed E-state index contributed by atoms with van der Waals surface area (Å²) in [6.07, 6.45) is 2.13. The molecule has 0 aliphatic heterocycles. The summed E-state index contributed by atoms with van der Waals surface area (Å²) in [5.41, 5.74) is 3.50. The summed E-state index contributed by atoms with van der Waals surface area (Å²) < 4.78 is 0. The van der Waals surface area contributed by atoms with Gasteiger partial charge in [-0.2, -0.15) is 0 Å². The maximum absolute atomic E-state index is 12.9. The van der Waals surface area contributed by atoms with Crippen molar-refractivity contribution in [2.24, 2.45) is 0 Å². The van der Waals surface area contributed by atoms with Crippen LogP contribution in [0.25, 0.3) is 0 Å². The van der Waals surface area contributed by atoms with Crippen molar-refractivity contribution >= 4 is 11.8 Å². The first-order chi connectivity index (χ1) is 11.6. The third-order valence-corrected chi connectivity index (χ3v) is 4.31. The van der Waals surface area contributed by atoms with Crippen molar-refractivity contribution in [3.8, 4) is 0 Å². The molecule has 1 aliphatic rings. The van der Waals surface area contributed by atoms with Crippen molar-refractivity contribution in [1.29, 1.82) is 0 Å². The fourth-order valence-electron chi connectivity index (χ4n) is 2.80. The van der Waals surface area contributed by atoms with Crippen molar-refractivity contribution in [3.05, 3.63) is 70.8 Å². The van der Waals surface area contributed by atoms with Crippen LogP contribution in [0.4, 0.5) is 0 Å². The molecule has 24 heavy (non-hydrogen) atoms. The van der Waals surface area contributed by atoms with E-state index >= 15 is 0 Å². The van der Waals surface area contributed by atoms with E-state index in [9.17, 15) is 9.59 Å². The minimum Gasteiger partial charge on any atom is -0.355 e. The number of carbonyl (C=O) groups is 2. The van der Waals surface area contributed by atoms with E-state index in [1.807, 2.05) is 48.2 Å². The molecule has 3 rings (SSSR count). The SMILES string of the molecule is CNC(=O)c1ccc(CN(C(=O)c2cccc(C)c2)C2CC2)cc1. The van der Waals surface area contributed by atoms with Gasteiger partial charge in [0, 0.05) is 30.8 Å². The zero-order chi connectivity index (χ0) is 17.1. The Bertz CT molecular complexity index is 748. The van der Waals surface area contributed by atoms with Crippen LogP contribution >= 0.6 is 0 Å². The molecule has 1 saturated carbocycles. The van der Waals surface area contributed by atoms with Gasteiger partial charge < -0.3 is 10.2 Å². The van der Waals surface area contributed by atoms with Gasteiger partial charge in [-0.25, -0.2) is 0 Å². The molecule has 0 bridgehead atoms. The summed E-state index contributed by atoms with van der Waals surface area (Å²) >= 11 is 0. The molecule has 2 amide bonds. The van der Waals surface area contributed by atoms with Crippen LogP contribution < -0.4 is 5.32 Å². The van der Waals surface area contributed by atoms with Crippen LogP contribution in [0.3, 0.4) is 0 Å². The summed E-state index contributed by atoms with van der Waals surface area (Å²) in [7, 11) is 1.62. The second-order valence-corrected chi connectivity index (χ2v) is 6.31. The lowest BCUT2D eigenvalue weighted by atomic mass is 10.1. The van der Waals surface area contributed by atoms with Crippen LogP contribution in [0.5, 0.6) is 0 Å². The lowest BCUT2D eigenvalue weighted by Crippen LogP contribution is -2.32. The quantitative estimate of drug-likeness (QED) is 0.919. The van der Waals surface area contributed by atoms with E-state index in [2.05, 4.69) is 5.32 Å². The molecule has 0 unspecified atom stereocenters. The topological polar surface area (TPSA) is 49.4 Å². The number of rotatable bonds is 5. The molecule has 1 fully saturated rings. The molecule has 4 nitrogen and oxygen atoms in total. The maximum atomic E-state index is 12.9. The Morgan fingerprint density at radius 2 is 1.79 bits per heavy atom. The zero-order valence-electron chi connectivity index (χ0n) is 14.1. The molecule has 124 valence electrons. The maximum Gasteiger partial charge on any atom is 0.254 e. The number of nitrogens with one attached hydrogen (secondary N) is 1. The van der Waals surface area contributed by atoms with Crippen LogP contribution in [-0.2, 0) is 6.54 Å². The van der Waals surface area contributed by atoms with E-state index in [-0.39, 0.29) is 11.8 Å². The molecule has 1 N–H and O–H groups in total. The van der Waals surface area contributed by atoms with Gasteiger partial charge in [-0.15, -0.1) is 0 Å². The number of hydrogen-bond acceptors (Lipinski definition) is 2. The summed E-state index contributed by atoms with van der Waals surface area (Å²) in [6, 6.07) is 15.5. The van der Waals surface area contributed by atoms with Crippen molar-refractivity contribution in [2.75, 3.05) is 7.05 Å². The van der Waals surface area contributed by atoms with Crippen molar-refractivity contribution in [1.82, 2.24) is 10.2 Å². The van der Waals surface area contributed by atoms with Crippen molar-refractivity contribution < 1.29 is 9.59 Å². The Kier molecular flexibility index (Phi) is 4.65. The molecule has 1 aliphatic carbocycles. The lowest BCUT2D eigenvalue weighted by Gasteiger charge is -2.23. The lowest BCUT2D eigenvalue weighted by molar-refractivity contribution is 0.0729. The Hall–Kier alpha value is -2.62. The van der Waals surface area contributed by atoms with E-state index in [1.54, 1.807) is 19.2 Å². The van der Waals surface area contributed by atoms with Gasteiger partial charge in [0.05, 0.1) is 0 Å². The van der Waals surface area contributed by atoms with Gasteiger partial charge in [0.1, 0.15) is 0 Å². The minimum absolute atomic E-state index is 0.0802. The summed E-state index contributed by atoms with van der Waals surface area (Å²) in [6.45, 7) is 2.57. The van der Waals surface area contributed by atoms with Crippen LogP contribution in [0.2, 0.25) is 0 Å². The van der Waals surface area contributed by atoms with Crippen molar-refractivity contribution in [2.45, 2.75) is 32.4 Å². The highest BCUT2D eigenvalue weighted by atomic mass is 16.2. The highest BCUT2D eigenvalue weighted by Gasteiger charge is 2.33. The number of amides is 2. The van der Waals surface area contributed by atoms with Gasteiger partial charge in [-0.05, 0) is 49.6 Å². The molecule has 2 aromatic rings. The van der Waals surface area contributed by atoms with E-state index in [0.717, 1.165) is 29.5 Å². The second kappa shape index (κ2) is 6.87. The van der Waals surface area contributed by atoms with E-state index in [4.69, 9.17) is 0 Å². The molecule has 2 aromatic carbocycles. The average Bonchev–Trinajstić information content (AvgIpc) is 3.44. The Labute approximate surface area is 142 Å². The second-order valence-electron chi connectivity index (χ2n) is 6.31. The Balaban J connectivity index is 1.77. The minimum atomic E-state index is -0.101. The first kappa shape index (κ1) is 16.2. The van der Waals surface area contributed by atoms with Crippen molar-refractivity contribution in [3.63, 3.8) is 0 Å².